The van der Waals surface area contributed by atoms with Gasteiger partial charge in [-0.3, -0.25) is 4.99 Å². The van der Waals surface area contributed by atoms with Crippen LogP contribution in [0.3, 0.4) is 0 Å². The minimum absolute atomic E-state index is 0.672. The number of hydrogen-bond acceptors (Lipinski definition) is 4. The number of aliphatic imine (C=N–C) groups is 1. The highest BCUT2D eigenvalue weighted by molar-refractivity contribution is 5.79. The Hall–Kier alpha value is -2.73. The van der Waals surface area contributed by atoms with E-state index >= 15 is 0 Å². The average molecular weight is 370 g/mol. The standard InChI is InChI=1S/C21H30N4O2/c1-22-21(24-13-6-15-27-20-7-4-3-5-8-20)25-17-18-9-11-19(12-10-18)23-14-16-26-2/h3-5,7-12,23H,6,13-17H2,1-2H3,(H2,22,24,25). The summed E-state index contributed by atoms with van der Waals surface area (Å²) < 4.78 is 10.7. The van der Waals surface area contributed by atoms with E-state index in [1.54, 1.807) is 14.2 Å². The molecule has 0 bridgehead atoms. The van der Waals surface area contributed by atoms with Crippen molar-refractivity contribution >= 4 is 11.6 Å². The van der Waals surface area contributed by atoms with Crippen LogP contribution in [0.4, 0.5) is 5.69 Å². The highest BCUT2D eigenvalue weighted by atomic mass is 16.5. The molecule has 0 saturated heterocycles. The third-order valence-electron chi connectivity index (χ3n) is 3.90. The minimum atomic E-state index is 0.672. The van der Waals surface area contributed by atoms with Gasteiger partial charge in [0.25, 0.3) is 0 Å². The lowest BCUT2D eigenvalue weighted by molar-refractivity contribution is 0.211. The summed E-state index contributed by atoms with van der Waals surface area (Å²) in [4.78, 5) is 4.25. The number of guanidine groups is 1. The Morgan fingerprint density at radius 3 is 2.41 bits per heavy atom. The lowest BCUT2D eigenvalue weighted by Gasteiger charge is -2.13. The molecule has 0 atom stereocenters. The number of hydrogen-bond donors (Lipinski definition) is 3. The lowest BCUT2D eigenvalue weighted by Crippen LogP contribution is -2.37. The Morgan fingerprint density at radius 2 is 1.70 bits per heavy atom. The zero-order chi connectivity index (χ0) is 19.2. The predicted molar refractivity (Wildman–Crippen MR) is 112 cm³/mol. The monoisotopic (exact) mass is 370 g/mol. The number of nitrogens with zero attached hydrogens (tertiary/aromatic N) is 1. The number of methoxy groups -OCH3 is 1. The molecule has 0 amide bonds. The van der Waals surface area contributed by atoms with Crippen LogP contribution in [0.15, 0.2) is 59.6 Å². The summed E-state index contributed by atoms with van der Waals surface area (Å²) in [5, 5.41) is 9.94. The maximum absolute atomic E-state index is 5.68. The van der Waals surface area contributed by atoms with E-state index in [1.807, 2.05) is 30.3 Å². The van der Waals surface area contributed by atoms with E-state index in [-0.39, 0.29) is 0 Å². The second-order valence-corrected chi connectivity index (χ2v) is 5.98. The van der Waals surface area contributed by atoms with Gasteiger partial charge >= 0.3 is 0 Å². The third-order valence-corrected chi connectivity index (χ3v) is 3.90. The van der Waals surface area contributed by atoms with Gasteiger partial charge < -0.3 is 25.4 Å². The fourth-order valence-electron chi connectivity index (χ4n) is 2.43. The molecule has 0 aromatic heterocycles. The van der Waals surface area contributed by atoms with Crippen molar-refractivity contribution in [2.24, 2.45) is 4.99 Å². The van der Waals surface area contributed by atoms with Crippen LogP contribution < -0.4 is 20.7 Å². The van der Waals surface area contributed by atoms with Crippen LogP contribution in [0.2, 0.25) is 0 Å². The molecule has 146 valence electrons. The van der Waals surface area contributed by atoms with Crippen molar-refractivity contribution in [2.45, 2.75) is 13.0 Å². The van der Waals surface area contributed by atoms with Gasteiger partial charge in [-0.25, -0.2) is 0 Å². The first-order chi connectivity index (χ1) is 13.3. The predicted octanol–water partition coefficient (Wildman–Crippen LogP) is 2.88. The van der Waals surface area contributed by atoms with Gasteiger partial charge in [0.05, 0.1) is 13.2 Å². The number of benzene rings is 2. The second kappa shape index (κ2) is 12.6. The highest BCUT2D eigenvalue weighted by Gasteiger charge is 1.99. The first kappa shape index (κ1) is 20.6. The summed E-state index contributed by atoms with van der Waals surface area (Å²) in [6.45, 7) is 3.69. The normalized spacial score (nSPS) is 11.1. The number of para-hydroxylation sites is 1. The van der Waals surface area contributed by atoms with Crippen LogP contribution in [-0.2, 0) is 11.3 Å². The molecule has 6 nitrogen and oxygen atoms in total. The van der Waals surface area contributed by atoms with Gasteiger partial charge in [-0.1, -0.05) is 30.3 Å². The molecule has 2 aromatic carbocycles. The third kappa shape index (κ3) is 8.46. The average Bonchev–Trinajstić information content (AvgIpc) is 2.72. The van der Waals surface area contributed by atoms with Crippen molar-refractivity contribution in [3.63, 3.8) is 0 Å². The van der Waals surface area contributed by atoms with E-state index in [0.717, 1.165) is 43.5 Å². The Kier molecular flexibility index (Phi) is 9.60. The van der Waals surface area contributed by atoms with Crippen molar-refractivity contribution in [1.29, 1.82) is 0 Å². The van der Waals surface area contributed by atoms with Gasteiger partial charge in [-0.15, -0.1) is 0 Å². The van der Waals surface area contributed by atoms with E-state index in [0.29, 0.717) is 13.2 Å². The van der Waals surface area contributed by atoms with E-state index in [2.05, 4.69) is 45.2 Å². The second-order valence-electron chi connectivity index (χ2n) is 5.98. The number of rotatable bonds is 11. The van der Waals surface area contributed by atoms with Gasteiger partial charge in [-0.05, 0) is 36.2 Å². The molecule has 0 fully saturated rings. The van der Waals surface area contributed by atoms with Gasteiger partial charge in [-0.2, -0.15) is 0 Å². The molecule has 0 aliphatic rings. The van der Waals surface area contributed by atoms with Gasteiger partial charge in [0.15, 0.2) is 5.96 Å². The maximum atomic E-state index is 5.68. The van der Waals surface area contributed by atoms with E-state index in [4.69, 9.17) is 9.47 Å². The Labute approximate surface area is 162 Å². The van der Waals surface area contributed by atoms with Crippen LogP contribution in [0.25, 0.3) is 0 Å². The number of nitrogens with one attached hydrogen (secondary N) is 3. The molecule has 27 heavy (non-hydrogen) atoms. The summed E-state index contributed by atoms with van der Waals surface area (Å²) in [6, 6.07) is 18.2. The molecule has 0 saturated carbocycles. The highest BCUT2D eigenvalue weighted by Crippen LogP contribution is 2.09. The Balaban J connectivity index is 1.62. The van der Waals surface area contributed by atoms with Crippen LogP contribution in [-0.4, -0.2) is 46.4 Å². The minimum Gasteiger partial charge on any atom is -0.494 e. The molecule has 0 heterocycles. The van der Waals surface area contributed by atoms with Crippen molar-refractivity contribution in [3.8, 4) is 5.75 Å². The molecular formula is C21H30N4O2. The topological polar surface area (TPSA) is 66.9 Å². The zero-order valence-electron chi connectivity index (χ0n) is 16.2. The summed E-state index contributed by atoms with van der Waals surface area (Å²) in [6.07, 6.45) is 0.900. The SMILES string of the molecule is CN=C(NCCCOc1ccccc1)NCc1ccc(NCCOC)cc1. The molecule has 0 aliphatic heterocycles. The molecule has 0 unspecified atom stereocenters. The number of anilines is 1. The molecule has 6 heteroatoms. The maximum Gasteiger partial charge on any atom is 0.191 e. The van der Waals surface area contributed by atoms with E-state index in [1.165, 1.54) is 5.56 Å². The van der Waals surface area contributed by atoms with Crippen molar-refractivity contribution in [1.82, 2.24) is 10.6 Å². The fraction of sp³-hybridized carbons (Fsp3) is 0.381. The van der Waals surface area contributed by atoms with Gasteiger partial charge in [0.1, 0.15) is 5.75 Å². The zero-order valence-corrected chi connectivity index (χ0v) is 16.2. The first-order valence-corrected chi connectivity index (χ1v) is 9.26. The van der Waals surface area contributed by atoms with Crippen LogP contribution in [0.5, 0.6) is 5.75 Å². The summed E-state index contributed by atoms with van der Waals surface area (Å²) in [5.41, 5.74) is 2.29. The van der Waals surface area contributed by atoms with Gasteiger partial charge in [0.2, 0.25) is 0 Å². The Morgan fingerprint density at radius 1 is 0.926 bits per heavy atom. The Bertz CT molecular complexity index is 660. The molecule has 0 radical (unpaired) electrons. The molecule has 0 spiro atoms. The summed E-state index contributed by atoms with van der Waals surface area (Å²) in [7, 11) is 3.48. The largest absolute Gasteiger partial charge is 0.494 e. The molecule has 2 aromatic rings. The van der Waals surface area contributed by atoms with E-state index in [9.17, 15) is 0 Å². The molecule has 0 aliphatic carbocycles. The van der Waals surface area contributed by atoms with Crippen LogP contribution >= 0.6 is 0 Å². The fourth-order valence-corrected chi connectivity index (χ4v) is 2.43. The van der Waals surface area contributed by atoms with Crippen LogP contribution in [0.1, 0.15) is 12.0 Å². The lowest BCUT2D eigenvalue weighted by atomic mass is 10.2. The molecule has 3 N–H and O–H groups in total. The van der Waals surface area contributed by atoms with Gasteiger partial charge in [0, 0.05) is 39.5 Å². The number of ether oxygens (including phenoxy) is 2. The quantitative estimate of drug-likeness (QED) is 0.322. The summed E-state index contributed by atoms with van der Waals surface area (Å²) >= 11 is 0. The van der Waals surface area contributed by atoms with Crippen molar-refractivity contribution in [2.75, 3.05) is 45.8 Å². The van der Waals surface area contributed by atoms with Crippen LogP contribution in [0, 0.1) is 0 Å². The summed E-state index contributed by atoms with van der Waals surface area (Å²) in [5.74, 6) is 1.69. The smallest absolute Gasteiger partial charge is 0.191 e. The van der Waals surface area contributed by atoms with Crippen molar-refractivity contribution < 1.29 is 9.47 Å². The first-order valence-electron chi connectivity index (χ1n) is 9.26. The van der Waals surface area contributed by atoms with Crippen molar-refractivity contribution in [3.05, 3.63) is 60.2 Å². The van der Waals surface area contributed by atoms with E-state index < -0.39 is 0 Å². The molecule has 2 rings (SSSR count). The molecular weight excluding hydrogens is 340 g/mol.